The van der Waals surface area contributed by atoms with Crippen LogP contribution in [0.1, 0.15) is 27.7 Å². The average molecular weight is 322 g/mol. The minimum Gasteiger partial charge on any atom is -0.366 e. The van der Waals surface area contributed by atoms with E-state index in [1.807, 2.05) is 11.8 Å². The van der Waals surface area contributed by atoms with Gasteiger partial charge in [0.2, 0.25) is 0 Å². The van der Waals surface area contributed by atoms with Gasteiger partial charge in [0, 0.05) is 43.8 Å². The summed E-state index contributed by atoms with van der Waals surface area (Å²) in [6, 6.07) is 2.13. The summed E-state index contributed by atoms with van der Waals surface area (Å²) in [5, 5.41) is 0. The molecule has 0 aliphatic carbocycles. The lowest BCUT2D eigenvalue weighted by molar-refractivity contribution is -0.133. The zero-order chi connectivity index (χ0) is 15.8. The number of thioether (sulfide) groups is 1. The zero-order valence-corrected chi connectivity index (χ0v) is 14.8. The molecule has 0 aromatic carbocycles. The minimum atomic E-state index is -0.172. The van der Waals surface area contributed by atoms with Gasteiger partial charge in [0.15, 0.2) is 0 Å². The van der Waals surface area contributed by atoms with E-state index < -0.39 is 0 Å². The first-order valence-corrected chi connectivity index (χ1v) is 9.10. The molecule has 2 fully saturated rings. The summed E-state index contributed by atoms with van der Waals surface area (Å²) in [6.07, 6.45) is 1.70. The molecule has 2 aliphatic rings. The molecule has 0 radical (unpaired) electrons. The lowest BCUT2D eigenvalue weighted by Gasteiger charge is -2.47. The van der Waals surface area contributed by atoms with Gasteiger partial charge in [-0.2, -0.15) is 11.8 Å². The van der Waals surface area contributed by atoms with E-state index >= 15 is 0 Å². The van der Waals surface area contributed by atoms with Crippen molar-refractivity contribution in [2.75, 3.05) is 47.5 Å². The Hall–Kier alpha value is -1.01. The fraction of sp³-hybridized carbons (Fsp3) is 0.750. The molecule has 0 unspecified atom stereocenters. The molecule has 0 bridgehead atoms. The number of aromatic nitrogens is 2. The Labute approximate surface area is 137 Å². The second-order valence-corrected chi connectivity index (χ2v) is 8.54. The van der Waals surface area contributed by atoms with Crippen molar-refractivity contribution in [1.82, 2.24) is 9.97 Å². The maximum absolute atomic E-state index is 6.16. The number of nitrogens with zero attached hydrogens (tertiary/aromatic N) is 4. The summed E-state index contributed by atoms with van der Waals surface area (Å²) in [7, 11) is 0. The second kappa shape index (κ2) is 5.89. The molecule has 2 saturated heterocycles. The lowest BCUT2D eigenvalue weighted by Crippen LogP contribution is -2.57. The highest BCUT2D eigenvalue weighted by Crippen LogP contribution is 2.31. The van der Waals surface area contributed by atoms with Crippen molar-refractivity contribution in [3.05, 3.63) is 12.4 Å². The quantitative estimate of drug-likeness (QED) is 0.833. The van der Waals surface area contributed by atoms with Crippen LogP contribution in [-0.4, -0.2) is 58.9 Å². The Morgan fingerprint density at radius 1 is 0.955 bits per heavy atom. The number of anilines is 2. The summed E-state index contributed by atoms with van der Waals surface area (Å²) < 4.78 is 6.16. The van der Waals surface area contributed by atoms with Crippen molar-refractivity contribution in [1.29, 1.82) is 0 Å². The average Bonchev–Trinajstić information content (AvgIpc) is 2.45. The number of hydrogen-bond acceptors (Lipinski definition) is 6. The van der Waals surface area contributed by atoms with Gasteiger partial charge in [0.05, 0.1) is 11.2 Å². The summed E-state index contributed by atoms with van der Waals surface area (Å²) in [5.41, 5.74) is -0.344. The van der Waals surface area contributed by atoms with E-state index in [-0.39, 0.29) is 11.2 Å². The van der Waals surface area contributed by atoms with Crippen molar-refractivity contribution >= 4 is 23.4 Å². The molecule has 0 spiro atoms. The van der Waals surface area contributed by atoms with E-state index in [0.717, 1.165) is 37.8 Å². The molecule has 0 N–H and O–H groups in total. The predicted molar refractivity (Wildman–Crippen MR) is 93.0 cm³/mol. The third-order valence-electron chi connectivity index (χ3n) is 3.99. The van der Waals surface area contributed by atoms with E-state index in [1.165, 1.54) is 11.5 Å². The van der Waals surface area contributed by atoms with Crippen LogP contribution in [0.2, 0.25) is 0 Å². The summed E-state index contributed by atoms with van der Waals surface area (Å²) in [6.45, 7) is 12.4. The largest absolute Gasteiger partial charge is 0.366 e. The van der Waals surface area contributed by atoms with Crippen LogP contribution < -0.4 is 9.80 Å². The van der Waals surface area contributed by atoms with Crippen molar-refractivity contribution < 1.29 is 4.74 Å². The molecule has 0 amide bonds. The second-order valence-electron chi connectivity index (χ2n) is 7.31. The van der Waals surface area contributed by atoms with Gasteiger partial charge >= 0.3 is 0 Å². The molecule has 0 saturated carbocycles. The SMILES string of the molecule is CC1(C)CN(c2cc(N3CCSCC3)ncn2)CC(C)(C)O1. The Bertz CT molecular complexity index is 513. The molecule has 6 heteroatoms. The van der Waals surface area contributed by atoms with E-state index in [2.05, 4.69) is 53.5 Å². The van der Waals surface area contributed by atoms with Crippen molar-refractivity contribution in [3.63, 3.8) is 0 Å². The van der Waals surface area contributed by atoms with Crippen LogP contribution in [0.5, 0.6) is 0 Å². The fourth-order valence-electron chi connectivity index (χ4n) is 3.43. The van der Waals surface area contributed by atoms with Gasteiger partial charge in [-0.15, -0.1) is 0 Å². The van der Waals surface area contributed by atoms with E-state index in [9.17, 15) is 0 Å². The van der Waals surface area contributed by atoms with Crippen LogP contribution in [0.25, 0.3) is 0 Å². The summed E-state index contributed by atoms with van der Waals surface area (Å²) >= 11 is 2.01. The van der Waals surface area contributed by atoms with Crippen LogP contribution in [-0.2, 0) is 4.74 Å². The highest BCUT2D eigenvalue weighted by atomic mass is 32.2. The molecule has 0 atom stereocenters. The van der Waals surface area contributed by atoms with E-state index in [0.29, 0.717) is 0 Å². The highest BCUT2D eigenvalue weighted by molar-refractivity contribution is 7.99. The topological polar surface area (TPSA) is 41.5 Å². The Balaban J connectivity index is 1.82. The third-order valence-corrected chi connectivity index (χ3v) is 4.94. The van der Waals surface area contributed by atoms with Gasteiger partial charge in [-0.1, -0.05) is 0 Å². The van der Waals surface area contributed by atoms with Crippen molar-refractivity contribution in [2.24, 2.45) is 0 Å². The molecule has 5 nitrogen and oxygen atoms in total. The molecule has 2 aliphatic heterocycles. The van der Waals surface area contributed by atoms with Crippen LogP contribution in [0, 0.1) is 0 Å². The van der Waals surface area contributed by atoms with Gasteiger partial charge in [-0.25, -0.2) is 9.97 Å². The summed E-state index contributed by atoms with van der Waals surface area (Å²) in [5.74, 6) is 4.41. The molecule has 22 heavy (non-hydrogen) atoms. The fourth-order valence-corrected chi connectivity index (χ4v) is 4.33. The van der Waals surface area contributed by atoms with Gasteiger partial charge in [0.25, 0.3) is 0 Å². The van der Waals surface area contributed by atoms with Crippen molar-refractivity contribution in [3.8, 4) is 0 Å². The summed E-state index contributed by atoms with van der Waals surface area (Å²) in [4.78, 5) is 13.7. The third kappa shape index (κ3) is 3.66. The number of morpholine rings is 1. The normalized spacial score (nSPS) is 24.4. The Kier molecular flexibility index (Phi) is 4.25. The van der Waals surface area contributed by atoms with Crippen LogP contribution in [0.15, 0.2) is 12.4 Å². The standard InChI is InChI=1S/C16H26N4OS/c1-15(2)10-20(11-16(3,4)21-15)14-9-13(17-12-18-14)19-5-7-22-8-6-19/h9,12H,5-8,10-11H2,1-4H3. The molecular formula is C16H26N4OS. The van der Waals surface area contributed by atoms with Crippen LogP contribution in [0.3, 0.4) is 0 Å². The van der Waals surface area contributed by atoms with Crippen LogP contribution >= 0.6 is 11.8 Å². The van der Waals surface area contributed by atoms with Gasteiger partial charge in [-0.05, 0) is 27.7 Å². The predicted octanol–water partition coefficient (Wildman–Crippen LogP) is 2.42. The molecule has 122 valence electrons. The first-order valence-electron chi connectivity index (χ1n) is 7.95. The minimum absolute atomic E-state index is 0.172. The van der Waals surface area contributed by atoms with E-state index in [1.54, 1.807) is 6.33 Å². The molecular weight excluding hydrogens is 296 g/mol. The monoisotopic (exact) mass is 322 g/mol. The number of hydrogen-bond donors (Lipinski definition) is 0. The van der Waals surface area contributed by atoms with Gasteiger partial charge in [-0.3, -0.25) is 0 Å². The maximum atomic E-state index is 6.16. The van der Waals surface area contributed by atoms with Crippen molar-refractivity contribution in [2.45, 2.75) is 38.9 Å². The lowest BCUT2D eigenvalue weighted by atomic mass is 9.99. The van der Waals surface area contributed by atoms with Gasteiger partial charge < -0.3 is 14.5 Å². The number of ether oxygens (including phenoxy) is 1. The first-order chi connectivity index (χ1) is 10.3. The van der Waals surface area contributed by atoms with Gasteiger partial charge in [0.1, 0.15) is 18.0 Å². The highest BCUT2D eigenvalue weighted by Gasteiger charge is 2.38. The number of rotatable bonds is 2. The molecule has 1 aromatic heterocycles. The first kappa shape index (κ1) is 15.9. The van der Waals surface area contributed by atoms with Crippen LogP contribution in [0.4, 0.5) is 11.6 Å². The maximum Gasteiger partial charge on any atom is 0.134 e. The molecule has 3 rings (SSSR count). The van der Waals surface area contributed by atoms with E-state index in [4.69, 9.17) is 4.74 Å². The Morgan fingerprint density at radius 3 is 2.09 bits per heavy atom. The smallest absolute Gasteiger partial charge is 0.134 e. The zero-order valence-electron chi connectivity index (χ0n) is 14.0. The molecule has 1 aromatic rings. The Morgan fingerprint density at radius 2 is 1.50 bits per heavy atom. The molecule has 3 heterocycles.